The lowest BCUT2D eigenvalue weighted by Gasteiger charge is -2.38. The van der Waals surface area contributed by atoms with Gasteiger partial charge in [0.1, 0.15) is 0 Å². The molecule has 1 saturated heterocycles. The monoisotopic (exact) mass is 286 g/mol. The molecule has 3 unspecified atom stereocenters. The largest absolute Gasteiger partial charge is 0.337 e. The second-order valence-electron chi connectivity index (χ2n) is 6.61. The summed E-state index contributed by atoms with van der Waals surface area (Å²) in [6, 6.07) is 8.85. The van der Waals surface area contributed by atoms with Crippen molar-refractivity contribution in [2.24, 2.45) is 5.92 Å². The van der Waals surface area contributed by atoms with Gasteiger partial charge in [-0.15, -0.1) is 0 Å². The molecule has 1 fully saturated rings. The molecule has 0 spiro atoms. The molecule has 1 aliphatic carbocycles. The molecule has 3 heteroatoms. The molecule has 1 aromatic rings. The summed E-state index contributed by atoms with van der Waals surface area (Å²) in [7, 11) is 1.98. The minimum absolute atomic E-state index is 0.00200. The van der Waals surface area contributed by atoms with Crippen molar-refractivity contribution in [1.82, 2.24) is 10.2 Å². The van der Waals surface area contributed by atoms with Gasteiger partial charge in [0, 0.05) is 7.05 Å². The maximum Gasteiger partial charge on any atom is 0.240 e. The van der Waals surface area contributed by atoms with Crippen LogP contribution in [0.1, 0.15) is 49.8 Å². The second-order valence-corrected chi connectivity index (χ2v) is 6.61. The van der Waals surface area contributed by atoms with Crippen LogP contribution in [-0.2, 0) is 11.2 Å². The molecular formula is C18H26N2O. The zero-order valence-electron chi connectivity index (χ0n) is 13.1. The predicted molar refractivity (Wildman–Crippen MR) is 85.1 cm³/mol. The Bertz CT molecular complexity index is 514. The highest BCUT2D eigenvalue weighted by Crippen LogP contribution is 2.34. The van der Waals surface area contributed by atoms with Gasteiger partial charge in [-0.1, -0.05) is 31.2 Å². The Labute approximate surface area is 127 Å². The van der Waals surface area contributed by atoms with Crippen LogP contribution in [0, 0.1) is 5.92 Å². The Morgan fingerprint density at radius 1 is 1.24 bits per heavy atom. The summed E-state index contributed by atoms with van der Waals surface area (Å²) in [5, 5.41) is 3.42. The Morgan fingerprint density at radius 3 is 2.86 bits per heavy atom. The standard InChI is InChI=1S/C18H26N2O/c1-13-7-6-12-19-17(13)18(21)20(2)16-11-5-9-14-8-3-4-10-15(14)16/h3-4,8,10,13,16-17,19H,5-7,9,11-12H2,1-2H3. The van der Waals surface area contributed by atoms with Crippen molar-refractivity contribution < 1.29 is 4.79 Å². The molecule has 1 aromatic carbocycles. The zero-order chi connectivity index (χ0) is 14.8. The number of benzene rings is 1. The fraction of sp³-hybridized carbons (Fsp3) is 0.611. The topological polar surface area (TPSA) is 32.3 Å². The van der Waals surface area contributed by atoms with Crippen molar-refractivity contribution in [3.63, 3.8) is 0 Å². The Kier molecular flexibility index (Phi) is 4.29. The van der Waals surface area contributed by atoms with Crippen LogP contribution in [0.15, 0.2) is 24.3 Å². The third-order valence-electron chi connectivity index (χ3n) is 5.19. The van der Waals surface area contributed by atoms with Crippen LogP contribution in [0.4, 0.5) is 0 Å². The molecule has 0 saturated carbocycles. The van der Waals surface area contributed by atoms with E-state index in [1.165, 1.54) is 24.0 Å². The van der Waals surface area contributed by atoms with Gasteiger partial charge in [0.25, 0.3) is 0 Å². The van der Waals surface area contributed by atoms with E-state index >= 15 is 0 Å². The quantitative estimate of drug-likeness (QED) is 0.906. The minimum atomic E-state index is -0.00200. The van der Waals surface area contributed by atoms with E-state index in [1.54, 1.807) is 0 Å². The van der Waals surface area contributed by atoms with Crippen LogP contribution in [0.3, 0.4) is 0 Å². The van der Waals surface area contributed by atoms with Crippen molar-refractivity contribution in [1.29, 1.82) is 0 Å². The Hall–Kier alpha value is -1.35. The number of rotatable bonds is 2. The number of fused-ring (bicyclic) bond motifs is 1. The molecule has 114 valence electrons. The highest BCUT2D eigenvalue weighted by atomic mass is 16.2. The first-order valence-electron chi connectivity index (χ1n) is 8.26. The SMILES string of the molecule is CC1CCCNC1C(=O)N(C)C1CCCc2ccccc21. The molecule has 21 heavy (non-hydrogen) atoms. The third kappa shape index (κ3) is 2.84. The highest BCUT2D eigenvalue weighted by Gasteiger charge is 2.34. The van der Waals surface area contributed by atoms with E-state index in [1.807, 2.05) is 11.9 Å². The minimum Gasteiger partial charge on any atom is -0.337 e. The van der Waals surface area contributed by atoms with E-state index in [0.717, 1.165) is 25.8 Å². The molecule has 1 amide bonds. The molecule has 3 rings (SSSR count). The number of hydrogen-bond acceptors (Lipinski definition) is 2. The Morgan fingerprint density at radius 2 is 2.05 bits per heavy atom. The van der Waals surface area contributed by atoms with E-state index in [4.69, 9.17) is 0 Å². The van der Waals surface area contributed by atoms with Crippen LogP contribution in [0.25, 0.3) is 0 Å². The molecule has 3 atom stereocenters. The maximum atomic E-state index is 12.9. The van der Waals surface area contributed by atoms with Crippen molar-refractivity contribution in [3.8, 4) is 0 Å². The number of amides is 1. The highest BCUT2D eigenvalue weighted by molar-refractivity contribution is 5.82. The summed E-state index contributed by atoms with van der Waals surface area (Å²) in [5.74, 6) is 0.705. The zero-order valence-corrected chi connectivity index (χ0v) is 13.1. The maximum absolute atomic E-state index is 12.9. The molecular weight excluding hydrogens is 260 g/mol. The van der Waals surface area contributed by atoms with Crippen LogP contribution >= 0.6 is 0 Å². The summed E-state index contributed by atoms with van der Waals surface area (Å²) in [5.41, 5.74) is 2.76. The number of nitrogens with zero attached hydrogens (tertiary/aromatic N) is 1. The lowest BCUT2D eigenvalue weighted by molar-refractivity contribution is -0.136. The summed E-state index contributed by atoms with van der Waals surface area (Å²) in [6.07, 6.45) is 5.74. The first kappa shape index (κ1) is 14.6. The molecule has 0 radical (unpaired) electrons. The van der Waals surface area contributed by atoms with Crippen LogP contribution in [0.5, 0.6) is 0 Å². The lowest BCUT2D eigenvalue weighted by Crippen LogP contribution is -2.52. The molecule has 3 nitrogen and oxygen atoms in total. The number of likely N-dealkylation sites (N-methyl/N-ethyl adjacent to an activating group) is 1. The van der Waals surface area contributed by atoms with E-state index in [2.05, 4.69) is 36.5 Å². The predicted octanol–water partition coefficient (Wildman–Crippen LogP) is 2.91. The Balaban J connectivity index is 1.79. The second kappa shape index (κ2) is 6.18. The summed E-state index contributed by atoms with van der Waals surface area (Å²) in [4.78, 5) is 14.9. The van der Waals surface area contributed by atoms with Gasteiger partial charge in [0.05, 0.1) is 12.1 Å². The van der Waals surface area contributed by atoms with Crippen LogP contribution in [0.2, 0.25) is 0 Å². The lowest BCUT2D eigenvalue weighted by atomic mass is 9.85. The summed E-state index contributed by atoms with van der Waals surface area (Å²) in [6.45, 7) is 3.16. The first-order chi connectivity index (χ1) is 10.2. The summed E-state index contributed by atoms with van der Waals surface area (Å²) >= 11 is 0. The van der Waals surface area contributed by atoms with Gasteiger partial charge in [-0.3, -0.25) is 4.79 Å². The number of hydrogen-bond donors (Lipinski definition) is 1. The van der Waals surface area contributed by atoms with E-state index in [9.17, 15) is 4.79 Å². The number of carbonyl (C=O) groups excluding carboxylic acids is 1. The normalized spacial score (nSPS) is 28.8. The van der Waals surface area contributed by atoms with Gasteiger partial charge >= 0.3 is 0 Å². The van der Waals surface area contributed by atoms with Crippen LogP contribution in [-0.4, -0.2) is 30.4 Å². The fourth-order valence-electron chi connectivity index (χ4n) is 3.88. The smallest absolute Gasteiger partial charge is 0.240 e. The molecule has 0 bridgehead atoms. The van der Waals surface area contributed by atoms with Gasteiger partial charge in [-0.25, -0.2) is 0 Å². The van der Waals surface area contributed by atoms with Crippen molar-refractivity contribution in [2.45, 2.75) is 51.1 Å². The number of piperidine rings is 1. The van der Waals surface area contributed by atoms with Crippen molar-refractivity contribution in [2.75, 3.05) is 13.6 Å². The van der Waals surface area contributed by atoms with Gasteiger partial charge in [0.2, 0.25) is 5.91 Å². The van der Waals surface area contributed by atoms with Crippen molar-refractivity contribution >= 4 is 5.91 Å². The molecule has 1 aliphatic heterocycles. The molecule has 1 heterocycles. The van der Waals surface area contributed by atoms with Crippen molar-refractivity contribution in [3.05, 3.63) is 35.4 Å². The molecule has 2 aliphatic rings. The number of carbonyl (C=O) groups is 1. The van der Waals surface area contributed by atoms with Gasteiger partial charge < -0.3 is 10.2 Å². The van der Waals surface area contributed by atoms with Gasteiger partial charge in [0.15, 0.2) is 0 Å². The van der Waals surface area contributed by atoms with Gasteiger partial charge in [-0.2, -0.15) is 0 Å². The average molecular weight is 286 g/mol. The van der Waals surface area contributed by atoms with E-state index in [-0.39, 0.29) is 18.0 Å². The first-order valence-corrected chi connectivity index (χ1v) is 8.26. The summed E-state index contributed by atoms with van der Waals surface area (Å²) < 4.78 is 0. The van der Waals surface area contributed by atoms with E-state index < -0.39 is 0 Å². The molecule has 0 aromatic heterocycles. The number of aryl methyl sites for hydroxylation is 1. The van der Waals surface area contributed by atoms with Crippen LogP contribution < -0.4 is 5.32 Å². The number of nitrogens with one attached hydrogen (secondary N) is 1. The average Bonchev–Trinajstić information content (AvgIpc) is 2.53. The fourth-order valence-corrected chi connectivity index (χ4v) is 3.88. The van der Waals surface area contributed by atoms with E-state index in [0.29, 0.717) is 5.92 Å². The molecule has 1 N–H and O–H groups in total. The third-order valence-corrected chi connectivity index (χ3v) is 5.19. The van der Waals surface area contributed by atoms with Gasteiger partial charge in [-0.05, 0) is 55.7 Å².